The molecule has 6 aromatic rings. The van der Waals surface area contributed by atoms with Crippen LogP contribution in [0.4, 0.5) is 0 Å². The van der Waals surface area contributed by atoms with Gasteiger partial charge in [0.15, 0.2) is 53.0 Å². The summed E-state index contributed by atoms with van der Waals surface area (Å²) in [6.07, 6.45) is -30.6. The zero-order valence-electron chi connectivity index (χ0n) is 55.5. The number of aliphatic carboxylic acids is 1. The van der Waals surface area contributed by atoms with Crippen molar-refractivity contribution in [3.8, 4) is 68.8 Å². The van der Waals surface area contributed by atoms with Crippen LogP contribution >= 0.6 is 0 Å². The Morgan fingerprint density at radius 3 is 1.55 bits per heavy atom. The van der Waals surface area contributed by atoms with Gasteiger partial charge in [-0.3, -0.25) is 9.59 Å². The molecule has 16 N–H and O–H groups in total. The second-order valence-electron chi connectivity index (χ2n) is 24.1. The maximum atomic E-state index is 13.5. The quantitative estimate of drug-likeness (QED) is 0.00831. The number of aromatic hydroxyl groups is 5. The third-order valence-electron chi connectivity index (χ3n) is 16.7. The summed E-state index contributed by atoms with van der Waals surface area (Å²) in [6.45, 7) is -3.07. The van der Waals surface area contributed by atoms with Crippen LogP contribution < -0.4 is 23.7 Å². The van der Waals surface area contributed by atoms with E-state index in [0.717, 1.165) is 48.6 Å². The van der Waals surface area contributed by atoms with E-state index in [1.165, 1.54) is 99.2 Å². The molecular weight excluding hydrogens is 1420 g/mol. The number of hydrogen-bond donors (Lipinski definition) is 16. The molecule has 0 unspecified atom stereocenters. The molecule has 0 saturated carbocycles. The van der Waals surface area contributed by atoms with E-state index in [-0.39, 0.29) is 45.3 Å². The SMILES string of the molecule is COc1cc(C=CC(=O)OC[C@H]2O[C@@H](Oc3ccc(/C=C/C(=O)OC[C@H]4O[C@@H](Oc5cc6c(O[C@@H]7O[C@H](COC(=O)CC(=O)O)[C@@H](O)[C@H](O)[C@H]7O)cc(O)cc6[o+]c5-c5ccc(O)c(O)c5)[C@H](O[C@@H]5OC[C@@H](O)[C@H](O)[C@H]5OC(=O)C=Cc5ccc(O)c(OC)c5)[C@@H](O)[C@@H]4O)cc3)[C@H](O)[C@@H](O)[C@@H]2O)ccc1O. The Morgan fingerprint density at radius 2 is 0.981 bits per heavy atom. The Hall–Kier alpha value is -10.5. The number of hydrogen-bond acceptors (Lipinski definition) is 34. The number of phenols is 5. The lowest BCUT2D eigenvalue weighted by atomic mass is 9.98. The molecule has 0 amide bonds. The summed E-state index contributed by atoms with van der Waals surface area (Å²) in [5.41, 5.74) is 0.701. The van der Waals surface area contributed by atoms with Gasteiger partial charge in [-0.2, -0.15) is 0 Å². The van der Waals surface area contributed by atoms with Crippen molar-refractivity contribution in [2.75, 3.05) is 40.6 Å². The zero-order chi connectivity index (χ0) is 76.4. The smallest absolute Gasteiger partial charge is 0.402 e. The van der Waals surface area contributed by atoms with Crippen molar-refractivity contribution in [2.24, 2.45) is 0 Å². The monoisotopic (exact) mass is 1490 g/mol. The van der Waals surface area contributed by atoms with E-state index < -0.39 is 214 Å². The first-order valence-electron chi connectivity index (χ1n) is 32.1. The first-order valence-corrected chi connectivity index (χ1v) is 32.1. The summed E-state index contributed by atoms with van der Waals surface area (Å²) < 4.78 is 85.5. The van der Waals surface area contributed by atoms with Crippen LogP contribution in [0.15, 0.2) is 120 Å². The number of methoxy groups -OCH3 is 2. The summed E-state index contributed by atoms with van der Waals surface area (Å²) in [5, 5.41) is 172. The largest absolute Gasteiger partial charge is 0.507 e. The number of phenolic OH excluding ortho intramolecular Hbond substituents is 5. The lowest BCUT2D eigenvalue weighted by Crippen LogP contribution is -2.64. The van der Waals surface area contributed by atoms with Crippen molar-refractivity contribution in [1.82, 2.24) is 0 Å². The molecule has 568 valence electrons. The van der Waals surface area contributed by atoms with E-state index in [1.807, 2.05) is 0 Å². The van der Waals surface area contributed by atoms with Crippen molar-refractivity contribution in [2.45, 2.75) is 123 Å². The Labute approximate surface area is 598 Å². The molecule has 0 bridgehead atoms. The van der Waals surface area contributed by atoms with E-state index in [0.29, 0.717) is 16.7 Å². The number of ether oxygens (including phenoxy) is 14. The first-order chi connectivity index (χ1) is 50.6. The number of carboxylic acids is 1. The van der Waals surface area contributed by atoms with Crippen LogP contribution in [0.3, 0.4) is 0 Å². The van der Waals surface area contributed by atoms with E-state index in [1.54, 1.807) is 0 Å². The molecule has 4 aliphatic rings. The van der Waals surface area contributed by atoms with Crippen molar-refractivity contribution >= 4 is 59.0 Å². The highest BCUT2D eigenvalue weighted by Crippen LogP contribution is 2.44. The zero-order valence-corrected chi connectivity index (χ0v) is 55.5. The Morgan fingerprint density at radius 1 is 0.472 bits per heavy atom. The Balaban J connectivity index is 0.896. The molecule has 10 rings (SSSR count). The van der Waals surface area contributed by atoms with Crippen LogP contribution in [-0.4, -0.2) is 269 Å². The first kappa shape index (κ1) is 78.1. The van der Waals surface area contributed by atoms with Gasteiger partial charge in [0, 0.05) is 36.4 Å². The van der Waals surface area contributed by atoms with E-state index in [9.17, 15) is 101 Å². The molecule has 19 atom stereocenters. The summed E-state index contributed by atoms with van der Waals surface area (Å²) in [7, 11) is 2.63. The molecule has 0 spiro atoms. The summed E-state index contributed by atoms with van der Waals surface area (Å²) in [4.78, 5) is 62.8. The van der Waals surface area contributed by atoms with Gasteiger partial charge in [0.2, 0.25) is 24.6 Å². The molecule has 5 aromatic carbocycles. The fourth-order valence-electron chi connectivity index (χ4n) is 11.0. The number of fused-ring (bicyclic) bond motifs is 1. The second kappa shape index (κ2) is 34.6. The third-order valence-corrected chi connectivity index (χ3v) is 16.7. The number of aliphatic hydroxyl groups excluding tert-OH is 10. The van der Waals surface area contributed by atoms with Gasteiger partial charge in [0.05, 0.1) is 32.5 Å². The van der Waals surface area contributed by atoms with E-state index >= 15 is 0 Å². The van der Waals surface area contributed by atoms with Gasteiger partial charge in [-0.15, -0.1) is 0 Å². The van der Waals surface area contributed by atoms with Gasteiger partial charge in [-0.1, -0.05) is 24.3 Å². The molecule has 36 nitrogen and oxygen atoms in total. The van der Waals surface area contributed by atoms with Crippen LogP contribution in [0.2, 0.25) is 0 Å². The van der Waals surface area contributed by atoms with Crippen LogP contribution in [0, 0.1) is 0 Å². The number of carboxylic acid groups (broad SMARTS) is 1. The predicted octanol–water partition coefficient (Wildman–Crippen LogP) is -0.256. The minimum atomic E-state index is -2.24. The fourth-order valence-corrected chi connectivity index (χ4v) is 11.0. The van der Waals surface area contributed by atoms with Crippen LogP contribution in [0.5, 0.6) is 57.5 Å². The second-order valence-corrected chi connectivity index (χ2v) is 24.1. The fraction of sp³-hybridized carbons (Fsp3) is 0.371. The summed E-state index contributed by atoms with van der Waals surface area (Å²) in [6, 6.07) is 20.4. The predicted molar refractivity (Wildman–Crippen MR) is 351 cm³/mol. The molecule has 0 aliphatic carbocycles. The normalized spacial score (nSPS) is 28.2. The topological polar surface area (TPSA) is 550 Å². The van der Waals surface area contributed by atoms with Crippen LogP contribution in [0.25, 0.3) is 40.5 Å². The van der Waals surface area contributed by atoms with Crippen LogP contribution in [-0.2, 0) is 66.6 Å². The third kappa shape index (κ3) is 18.9. The average Bonchev–Trinajstić information content (AvgIpc) is 0.761. The molecule has 4 saturated heterocycles. The van der Waals surface area contributed by atoms with Gasteiger partial charge >= 0.3 is 41.2 Å². The van der Waals surface area contributed by atoms with Gasteiger partial charge in [0.1, 0.15) is 128 Å². The number of carbonyl (C=O) groups is 5. The minimum absolute atomic E-state index is 0.0428. The number of carbonyl (C=O) groups excluding carboxylic acids is 4. The number of rotatable bonds is 26. The molecule has 106 heavy (non-hydrogen) atoms. The molecule has 5 heterocycles. The maximum absolute atomic E-state index is 13.5. The molecule has 36 heteroatoms. The summed E-state index contributed by atoms with van der Waals surface area (Å²) in [5.74, 6) is -9.40. The van der Waals surface area contributed by atoms with Gasteiger partial charge in [-0.25, -0.2) is 18.8 Å². The Bertz CT molecular complexity index is 4200. The molecule has 4 fully saturated rings. The number of aliphatic hydroxyl groups is 10. The highest BCUT2D eigenvalue weighted by molar-refractivity contribution is 5.91. The van der Waals surface area contributed by atoms with Crippen molar-refractivity contribution in [1.29, 1.82) is 0 Å². The van der Waals surface area contributed by atoms with Crippen molar-refractivity contribution in [3.63, 3.8) is 0 Å². The van der Waals surface area contributed by atoms with Crippen molar-refractivity contribution < 1.29 is 176 Å². The van der Waals surface area contributed by atoms with Crippen LogP contribution in [0.1, 0.15) is 23.1 Å². The Kier molecular flexibility index (Phi) is 25.5. The molecule has 4 aliphatic heterocycles. The van der Waals surface area contributed by atoms with Gasteiger partial charge < -0.3 is 148 Å². The highest BCUT2D eigenvalue weighted by atomic mass is 16.8. The van der Waals surface area contributed by atoms with E-state index in [2.05, 4.69) is 0 Å². The molecule has 0 radical (unpaired) electrons. The average molecular weight is 1490 g/mol. The number of benzene rings is 5. The lowest BCUT2D eigenvalue weighted by molar-refractivity contribution is -0.345. The van der Waals surface area contributed by atoms with Gasteiger partial charge in [-0.05, 0) is 83.4 Å². The summed E-state index contributed by atoms with van der Waals surface area (Å²) >= 11 is 0. The van der Waals surface area contributed by atoms with E-state index in [4.69, 9.17) is 75.8 Å². The minimum Gasteiger partial charge on any atom is -0.507 e. The molecule has 1 aromatic heterocycles. The standard InChI is InChI=1S/C70H72O36/c1-92-44-19-31(5-13-38(44)73)8-17-52(80)94-27-47-56(84)59(87)62(90)67(102-47)98-35-11-3-30(4-12-35)7-16-51(79)95-28-49-58(86)61(89)66(106-69-65(55(83)41(76)26-97-69)105-53(81)18-9-32-6-14-39(74)45(20-32)93-2)70(104-49)101-46-24-36-42(99-64(46)33-10-15-37(72)40(75)21-33)22-34(71)23-43(36)100-68-63(91)60(88)57(85)48(103-68)29-96-54(82)25-50(77)78/h3-24,41,47-49,55-63,65-70,76,83-91H,25-29H2,1-2H3,(H5-,71,72,73,74,75,77,78,80,81)/p+1/b16-7+/t41-,47-,48-,49-,55+,56-,57-,58-,59+,60+,61+,62-,63-,65-,66-,67-,68-,69+,70-/m1/s1. The number of esters is 4. The lowest BCUT2D eigenvalue weighted by Gasteiger charge is -2.45. The molecular formula is C70H73O36+. The highest BCUT2D eigenvalue weighted by Gasteiger charge is 2.53. The van der Waals surface area contributed by atoms with Crippen molar-refractivity contribution in [3.05, 3.63) is 132 Å². The maximum Gasteiger partial charge on any atom is 0.402 e. The van der Waals surface area contributed by atoms with Gasteiger partial charge in [0.25, 0.3) is 0 Å².